The number of hydrogen-bond acceptors (Lipinski definition) is 38. The lowest BCUT2D eigenvalue weighted by Crippen LogP contribution is -2.69. The standard InChI is InChI=1S/C44H77NO42P2/c1-9(49)45-17-24(56)34(12(4-48)77-38(17)66)84-43-33(65)36(86-44-37(28(60)19(51)11(3-47)79-44)87-42-31(63)27(59)21(53)16(83-42)8-76-89(70,71)72)23(55)14(82-43)6-74-40-32(64)35(85-41-30(62)25(57)18(50)10(2-46)78-41)22(54)13(80-40)5-73-39-29(61)26(58)20(52)15(81-39)7-75-88(67,68)69/h10-44,46-48,50-66H,2-8H2,1H3,(H,45,49)(H2,67,68,69)(H2,70,71,72)/t10-,11-,12-,13-,14-,15-,16-,17-,18-,19-,20-,21-,22-,23-,24-,25+,26+,27+,28+,29+,30+,31+,32+,33+,34-,35+,36+,37+,38-,39+,40+,41-,42-,43+,44-/m1/s1. The second-order valence-electron chi connectivity index (χ2n) is 21.6. The Morgan fingerprint density at radius 2 is 0.674 bits per heavy atom. The number of phosphoric acid groups is 2. The zero-order chi connectivity index (χ0) is 66.0. The zero-order valence-corrected chi connectivity index (χ0v) is 47.9. The van der Waals surface area contributed by atoms with Gasteiger partial charge in [-0.1, -0.05) is 0 Å². The summed E-state index contributed by atoms with van der Waals surface area (Å²) in [6.07, 6.45) is -72.8. The smallest absolute Gasteiger partial charge is 0.394 e. The molecule has 25 N–H and O–H groups in total. The van der Waals surface area contributed by atoms with Gasteiger partial charge in [0.2, 0.25) is 5.91 Å². The maximum atomic E-state index is 12.1. The zero-order valence-electron chi connectivity index (χ0n) is 46.1. The third kappa shape index (κ3) is 17.7. The second-order valence-corrected chi connectivity index (χ2v) is 24.1. The molecule has 7 fully saturated rings. The van der Waals surface area contributed by atoms with Crippen LogP contribution in [0.4, 0.5) is 0 Å². The molecule has 0 unspecified atom stereocenters. The van der Waals surface area contributed by atoms with Crippen molar-refractivity contribution in [2.45, 2.75) is 222 Å². The van der Waals surface area contributed by atoms with E-state index < -0.39 is 283 Å². The Kier molecular flexibility index (Phi) is 26.5. The van der Waals surface area contributed by atoms with Gasteiger partial charge in [-0.2, -0.15) is 0 Å². The van der Waals surface area contributed by atoms with E-state index in [1.807, 2.05) is 0 Å². The molecule has 43 nitrogen and oxygen atoms in total. The number of carbonyl (C=O) groups excluding carboxylic acids is 1. The summed E-state index contributed by atoms with van der Waals surface area (Å²) in [6.45, 7) is -6.76. The van der Waals surface area contributed by atoms with Crippen molar-refractivity contribution in [2.75, 3.05) is 46.2 Å². The molecular weight excluding hydrogens is 1280 g/mol. The molecule has 1 amide bonds. The topological polar surface area (TPSA) is 687 Å². The molecule has 35 atom stereocenters. The average molecular weight is 1350 g/mol. The van der Waals surface area contributed by atoms with Crippen molar-refractivity contribution in [1.82, 2.24) is 5.32 Å². The minimum Gasteiger partial charge on any atom is -0.394 e. The summed E-state index contributed by atoms with van der Waals surface area (Å²) in [4.78, 5) is 49.1. The summed E-state index contributed by atoms with van der Waals surface area (Å²) < 4.78 is 105. The molecule has 45 heteroatoms. The number of nitrogens with one attached hydrogen (secondary N) is 1. The molecule has 7 rings (SSSR count). The van der Waals surface area contributed by atoms with E-state index in [0.29, 0.717) is 0 Å². The van der Waals surface area contributed by atoms with Crippen molar-refractivity contribution in [3.05, 3.63) is 0 Å². The van der Waals surface area contributed by atoms with E-state index in [1.165, 1.54) is 0 Å². The fourth-order valence-electron chi connectivity index (χ4n) is 10.5. The summed E-state index contributed by atoms with van der Waals surface area (Å²) >= 11 is 0. The van der Waals surface area contributed by atoms with Crippen molar-refractivity contribution in [3.8, 4) is 0 Å². The van der Waals surface area contributed by atoms with Gasteiger partial charge in [0.25, 0.3) is 0 Å². The van der Waals surface area contributed by atoms with Crippen molar-refractivity contribution >= 4 is 21.6 Å². The number of aliphatic hydroxyl groups is 20. The summed E-state index contributed by atoms with van der Waals surface area (Å²) in [6, 6.07) is -1.74. The quantitative estimate of drug-likeness (QED) is 0.0399. The van der Waals surface area contributed by atoms with Gasteiger partial charge in [0, 0.05) is 6.92 Å². The Morgan fingerprint density at radius 3 is 1.11 bits per heavy atom. The molecule has 0 aromatic heterocycles. The number of rotatable bonds is 24. The highest BCUT2D eigenvalue weighted by molar-refractivity contribution is 7.46. The fraction of sp³-hybridized carbons (Fsp3) is 0.977. The average Bonchev–Trinajstić information content (AvgIpc) is 0.844. The SMILES string of the molecule is CC(=O)N[C@@H]1[C@@H](O)[C@H](O[C@@H]2O[C@H](CO[C@H]3O[C@H](CO[C@H]4O[C@H](COP(=O)(O)O)[C@@H](O)[C@H](O)[C@@H]4O)[C@@H](O)[C@H](O[C@H]4O[C@H](CO)[C@@H](O)[C@H](O)[C@@H]4O)[C@@H]3O)[C@@H](O)[C@H](O[C@H]3O[C@H](CO)[C@@H](O)[C@H](O)[C@@H]3O[C@H]3O[C@H](COP(=O)(O)O)[C@@H](O)[C@H](O)[C@@H]3O)[C@@H]2O)[C@@H](CO)O[C@H]1O. The van der Waals surface area contributed by atoms with Gasteiger partial charge in [0.05, 0.1) is 46.2 Å². The van der Waals surface area contributed by atoms with Crippen LogP contribution in [0.1, 0.15) is 6.92 Å². The van der Waals surface area contributed by atoms with Gasteiger partial charge in [0.15, 0.2) is 44.0 Å². The van der Waals surface area contributed by atoms with E-state index in [1.54, 1.807) is 0 Å². The molecular formula is C44H77NO42P2. The van der Waals surface area contributed by atoms with E-state index in [2.05, 4.69) is 14.4 Å². The number of aliphatic hydroxyl groups excluding tert-OH is 20. The van der Waals surface area contributed by atoms with E-state index in [9.17, 15) is 136 Å². The van der Waals surface area contributed by atoms with Crippen LogP contribution >= 0.6 is 15.6 Å². The Bertz CT molecular complexity index is 2320. The highest BCUT2D eigenvalue weighted by Gasteiger charge is 2.58. The molecule has 0 spiro atoms. The lowest BCUT2D eigenvalue weighted by atomic mass is 9.95. The summed E-state index contributed by atoms with van der Waals surface area (Å²) in [5.74, 6) is -0.840. The van der Waals surface area contributed by atoms with Gasteiger partial charge in [0.1, 0.15) is 171 Å². The molecule has 0 bridgehead atoms. The van der Waals surface area contributed by atoms with Crippen LogP contribution in [0.3, 0.4) is 0 Å². The highest BCUT2D eigenvalue weighted by Crippen LogP contribution is 2.41. The van der Waals surface area contributed by atoms with Crippen LogP contribution < -0.4 is 5.32 Å². The van der Waals surface area contributed by atoms with Gasteiger partial charge in [-0.3, -0.25) is 13.8 Å². The summed E-state index contributed by atoms with van der Waals surface area (Å²) in [7, 11) is -10.5. The van der Waals surface area contributed by atoms with Gasteiger partial charge in [-0.05, 0) is 0 Å². The van der Waals surface area contributed by atoms with Gasteiger partial charge < -0.3 is 189 Å². The normalized spacial score (nSPS) is 48.7. The van der Waals surface area contributed by atoms with Crippen molar-refractivity contribution in [3.63, 3.8) is 0 Å². The number of amides is 1. The molecule has 7 aliphatic rings. The molecule has 0 aromatic rings. The molecule has 0 radical (unpaired) electrons. The Labute approximate surface area is 500 Å². The van der Waals surface area contributed by atoms with Crippen LogP contribution in [0, 0.1) is 0 Å². The summed E-state index contributed by atoms with van der Waals surface area (Å²) in [5, 5.41) is 221. The first-order chi connectivity index (χ1) is 41.6. The fourth-order valence-corrected chi connectivity index (χ4v) is 11.2. The highest BCUT2D eigenvalue weighted by atomic mass is 31.2. The molecule has 7 saturated heterocycles. The van der Waals surface area contributed by atoms with Gasteiger partial charge in [-0.25, -0.2) is 9.13 Å². The predicted molar refractivity (Wildman–Crippen MR) is 265 cm³/mol. The molecule has 0 aliphatic carbocycles. The van der Waals surface area contributed by atoms with Gasteiger partial charge in [-0.15, -0.1) is 0 Å². The summed E-state index contributed by atoms with van der Waals surface area (Å²) in [5.41, 5.74) is 0. The van der Waals surface area contributed by atoms with E-state index >= 15 is 0 Å². The molecule has 520 valence electrons. The number of ether oxygens (including phenoxy) is 13. The first-order valence-corrected chi connectivity index (χ1v) is 30.2. The maximum Gasteiger partial charge on any atom is 0.469 e. The van der Waals surface area contributed by atoms with Gasteiger partial charge >= 0.3 is 15.6 Å². The maximum absolute atomic E-state index is 12.1. The number of phosphoric ester groups is 2. The minimum atomic E-state index is -5.29. The molecule has 7 heterocycles. The predicted octanol–water partition coefficient (Wildman–Crippen LogP) is -15.9. The number of hydrogen-bond donors (Lipinski definition) is 25. The van der Waals surface area contributed by atoms with Crippen LogP contribution in [0.15, 0.2) is 0 Å². The Morgan fingerprint density at radius 1 is 0.348 bits per heavy atom. The van der Waals surface area contributed by atoms with E-state index in [-0.39, 0.29) is 0 Å². The van der Waals surface area contributed by atoms with Crippen LogP contribution in [0.25, 0.3) is 0 Å². The monoisotopic (exact) mass is 1350 g/mol. The minimum absolute atomic E-state index is 0.840. The van der Waals surface area contributed by atoms with Crippen LogP contribution in [-0.2, 0) is 84.6 Å². The van der Waals surface area contributed by atoms with Crippen molar-refractivity contribution in [1.29, 1.82) is 0 Å². The van der Waals surface area contributed by atoms with Crippen molar-refractivity contribution < 1.29 is 206 Å². The Balaban J connectivity index is 1.20. The molecule has 0 aromatic carbocycles. The molecule has 0 saturated carbocycles. The third-order valence-electron chi connectivity index (χ3n) is 15.4. The molecule has 7 aliphatic heterocycles. The largest absolute Gasteiger partial charge is 0.469 e. The van der Waals surface area contributed by atoms with Crippen LogP contribution in [0.5, 0.6) is 0 Å². The van der Waals surface area contributed by atoms with E-state index in [0.717, 1.165) is 6.92 Å². The van der Waals surface area contributed by atoms with Crippen molar-refractivity contribution in [2.24, 2.45) is 0 Å². The molecule has 89 heavy (non-hydrogen) atoms. The second kappa shape index (κ2) is 31.5. The third-order valence-corrected chi connectivity index (χ3v) is 16.3. The number of carbonyl (C=O) groups is 1. The van der Waals surface area contributed by atoms with Crippen LogP contribution in [0.2, 0.25) is 0 Å². The first kappa shape index (κ1) is 74.8. The first-order valence-electron chi connectivity index (χ1n) is 27.1. The lowest BCUT2D eigenvalue weighted by molar-refractivity contribution is -0.397. The van der Waals surface area contributed by atoms with Crippen LogP contribution in [-0.4, -0.2) is 389 Å². The van der Waals surface area contributed by atoms with E-state index in [4.69, 9.17) is 61.6 Å². The lowest BCUT2D eigenvalue weighted by Gasteiger charge is -2.50. The Hall–Kier alpha value is -1.63.